The Balaban J connectivity index is 2.76. The number of ketones is 1. The summed E-state index contributed by atoms with van der Waals surface area (Å²) in [5.41, 5.74) is 0.339. The summed E-state index contributed by atoms with van der Waals surface area (Å²) in [4.78, 5) is 13.7. The molecule has 0 heterocycles. The van der Waals surface area contributed by atoms with Crippen LogP contribution in [0.4, 0.5) is 0 Å². The molecule has 0 aliphatic carbocycles. The highest BCUT2D eigenvalue weighted by Crippen LogP contribution is 2.16. The lowest BCUT2D eigenvalue weighted by molar-refractivity contribution is 0.104. The van der Waals surface area contributed by atoms with E-state index in [9.17, 15) is 9.90 Å². The fraction of sp³-hybridized carbons (Fsp3) is 0.308. The van der Waals surface area contributed by atoms with Crippen molar-refractivity contribution in [1.29, 1.82) is 0 Å². The van der Waals surface area contributed by atoms with Crippen molar-refractivity contribution >= 4 is 5.78 Å². The summed E-state index contributed by atoms with van der Waals surface area (Å²) >= 11 is 0. The van der Waals surface area contributed by atoms with E-state index >= 15 is 0 Å². The molecule has 0 bridgehead atoms. The van der Waals surface area contributed by atoms with Crippen LogP contribution in [0.5, 0.6) is 5.75 Å². The zero-order chi connectivity index (χ0) is 12.0. The lowest BCUT2D eigenvalue weighted by atomic mass is 10.1. The van der Waals surface area contributed by atoms with Crippen molar-refractivity contribution in [3.05, 3.63) is 42.1 Å². The minimum atomic E-state index is -0.176. The quantitative estimate of drug-likeness (QED) is 0.610. The van der Waals surface area contributed by atoms with E-state index < -0.39 is 0 Å². The van der Waals surface area contributed by atoms with Crippen LogP contribution in [-0.2, 0) is 0 Å². The molecule has 0 aliphatic heterocycles. The van der Waals surface area contributed by atoms with Gasteiger partial charge in [-0.25, -0.2) is 0 Å². The van der Waals surface area contributed by atoms with Gasteiger partial charge in [-0.05, 0) is 26.0 Å². The maximum Gasteiger partial charge on any atom is 0.190 e. The number of hydrogen-bond donors (Lipinski definition) is 1. The molecule has 1 N–H and O–H groups in total. The number of para-hydroxylation sites is 1. The average Bonchev–Trinajstić information content (AvgIpc) is 2.30. The molecule has 86 valence electrons. The molecule has 0 radical (unpaired) electrons. The predicted octanol–water partition coefficient (Wildman–Crippen LogP) is 2.43. The van der Waals surface area contributed by atoms with Gasteiger partial charge < -0.3 is 10.0 Å². The second-order valence-electron chi connectivity index (χ2n) is 3.42. The van der Waals surface area contributed by atoms with Gasteiger partial charge in [0.15, 0.2) is 5.78 Å². The molecule has 0 amide bonds. The standard InChI is InChI=1S/C13H17NO2/c1-3-14(4-2)10-9-13(16)11-7-5-6-8-12(11)15/h5-10,15H,3-4H2,1-2H3/b10-9+. The number of carbonyl (C=O) groups is 1. The molecule has 0 spiro atoms. The Hall–Kier alpha value is -1.77. The molecule has 0 aliphatic rings. The summed E-state index contributed by atoms with van der Waals surface area (Å²) in [6.45, 7) is 5.78. The highest BCUT2D eigenvalue weighted by atomic mass is 16.3. The molecular weight excluding hydrogens is 202 g/mol. The van der Waals surface area contributed by atoms with Gasteiger partial charge in [-0.1, -0.05) is 12.1 Å². The van der Waals surface area contributed by atoms with Crippen molar-refractivity contribution in [2.45, 2.75) is 13.8 Å². The van der Waals surface area contributed by atoms with Crippen molar-refractivity contribution in [3.63, 3.8) is 0 Å². The van der Waals surface area contributed by atoms with Gasteiger partial charge in [0.25, 0.3) is 0 Å². The maximum atomic E-state index is 11.7. The molecule has 0 atom stereocenters. The van der Waals surface area contributed by atoms with Crippen molar-refractivity contribution in [2.75, 3.05) is 13.1 Å². The summed E-state index contributed by atoms with van der Waals surface area (Å²) in [5, 5.41) is 9.49. The van der Waals surface area contributed by atoms with Gasteiger partial charge in [0.2, 0.25) is 0 Å². The van der Waals surface area contributed by atoms with Gasteiger partial charge in [0.1, 0.15) is 5.75 Å². The van der Waals surface area contributed by atoms with E-state index in [4.69, 9.17) is 0 Å². The fourth-order valence-electron chi connectivity index (χ4n) is 1.38. The molecule has 1 aromatic rings. The molecule has 0 unspecified atom stereocenters. The van der Waals surface area contributed by atoms with E-state index in [1.165, 1.54) is 12.1 Å². The van der Waals surface area contributed by atoms with Gasteiger partial charge in [0.05, 0.1) is 5.56 Å². The van der Waals surface area contributed by atoms with Gasteiger partial charge in [-0.3, -0.25) is 4.79 Å². The molecule has 0 aromatic heterocycles. The van der Waals surface area contributed by atoms with Crippen LogP contribution in [0.15, 0.2) is 36.5 Å². The smallest absolute Gasteiger partial charge is 0.190 e. The Kier molecular flexibility index (Phi) is 4.58. The van der Waals surface area contributed by atoms with Crippen LogP contribution in [0, 0.1) is 0 Å². The largest absolute Gasteiger partial charge is 0.507 e. The number of phenolic OH excluding ortho intramolecular Hbond substituents is 1. The highest BCUT2D eigenvalue weighted by Gasteiger charge is 2.06. The minimum Gasteiger partial charge on any atom is -0.507 e. The Morgan fingerprint density at radius 3 is 2.50 bits per heavy atom. The molecule has 0 fully saturated rings. The fourth-order valence-corrected chi connectivity index (χ4v) is 1.38. The van der Waals surface area contributed by atoms with E-state index in [-0.39, 0.29) is 11.5 Å². The van der Waals surface area contributed by atoms with Crippen LogP contribution in [0.25, 0.3) is 0 Å². The summed E-state index contributed by atoms with van der Waals surface area (Å²) in [5.74, 6) is -0.151. The van der Waals surface area contributed by atoms with Crippen molar-refractivity contribution in [1.82, 2.24) is 4.90 Å². The number of phenols is 1. The first-order valence-electron chi connectivity index (χ1n) is 5.43. The Labute approximate surface area is 96.0 Å². The number of allylic oxidation sites excluding steroid dienone is 1. The first-order valence-corrected chi connectivity index (χ1v) is 5.43. The number of aromatic hydroxyl groups is 1. The Bertz CT molecular complexity index is 381. The molecule has 3 heteroatoms. The topological polar surface area (TPSA) is 40.5 Å². The average molecular weight is 219 g/mol. The first-order chi connectivity index (χ1) is 7.69. The monoisotopic (exact) mass is 219 g/mol. The van der Waals surface area contributed by atoms with Crippen LogP contribution in [0.1, 0.15) is 24.2 Å². The molecule has 1 rings (SSSR count). The van der Waals surface area contributed by atoms with Crippen LogP contribution < -0.4 is 0 Å². The van der Waals surface area contributed by atoms with E-state index in [1.54, 1.807) is 24.4 Å². The van der Waals surface area contributed by atoms with E-state index in [0.717, 1.165) is 13.1 Å². The second-order valence-corrected chi connectivity index (χ2v) is 3.42. The van der Waals surface area contributed by atoms with E-state index in [1.807, 2.05) is 18.7 Å². The minimum absolute atomic E-state index is 0.0247. The van der Waals surface area contributed by atoms with Crippen molar-refractivity contribution in [3.8, 4) is 5.75 Å². The molecule has 1 aromatic carbocycles. The summed E-state index contributed by atoms with van der Waals surface area (Å²) < 4.78 is 0. The highest BCUT2D eigenvalue weighted by molar-refractivity contribution is 6.06. The molecular formula is C13H17NO2. The number of carbonyl (C=O) groups excluding carboxylic acids is 1. The van der Waals surface area contributed by atoms with Gasteiger partial charge >= 0.3 is 0 Å². The van der Waals surface area contributed by atoms with Crippen LogP contribution in [-0.4, -0.2) is 28.9 Å². The SMILES string of the molecule is CCN(/C=C/C(=O)c1ccccc1O)CC. The number of nitrogens with zero attached hydrogens (tertiary/aromatic N) is 1. The third kappa shape index (κ3) is 3.12. The third-order valence-electron chi connectivity index (χ3n) is 2.42. The molecule has 16 heavy (non-hydrogen) atoms. The van der Waals surface area contributed by atoms with Gasteiger partial charge in [-0.15, -0.1) is 0 Å². The van der Waals surface area contributed by atoms with Crippen LogP contribution in [0.2, 0.25) is 0 Å². The lowest BCUT2D eigenvalue weighted by Crippen LogP contribution is -2.15. The third-order valence-corrected chi connectivity index (χ3v) is 2.42. The van der Waals surface area contributed by atoms with E-state index in [0.29, 0.717) is 5.56 Å². The predicted molar refractivity (Wildman–Crippen MR) is 64.5 cm³/mol. The maximum absolute atomic E-state index is 11.7. The summed E-state index contributed by atoms with van der Waals surface area (Å²) in [6.07, 6.45) is 3.25. The number of benzene rings is 1. The second kappa shape index (κ2) is 5.95. The Morgan fingerprint density at radius 1 is 1.31 bits per heavy atom. The van der Waals surface area contributed by atoms with Gasteiger partial charge in [0, 0.05) is 25.4 Å². The van der Waals surface area contributed by atoms with Crippen molar-refractivity contribution < 1.29 is 9.90 Å². The Morgan fingerprint density at radius 2 is 1.94 bits per heavy atom. The van der Waals surface area contributed by atoms with Gasteiger partial charge in [-0.2, -0.15) is 0 Å². The normalized spacial score (nSPS) is 10.6. The molecule has 0 saturated carbocycles. The molecule has 3 nitrogen and oxygen atoms in total. The first kappa shape index (κ1) is 12.3. The van der Waals surface area contributed by atoms with E-state index in [2.05, 4.69) is 0 Å². The number of hydrogen-bond acceptors (Lipinski definition) is 3. The van der Waals surface area contributed by atoms with Crippen molar-refractivity contribution in [2.24, 2.45) is 0 Å². The lowest BCUT2D eigenvalue weighted by Gasteiger charge is -2.14. The van der Waals surface area contributed by atoms with Crippen LogP contribution >= 0.6 is 0 Å². The number of rotatable bonds is 5. The zero-order valence-corrected chi connectivity index (χ0v) is 9.68. The molecule has 0 saturated heterocycles. The van der Waals surface area contributed by atoms with Crippen LogP contribution in [0.3, 0.4) is 0 Å². The summed E-state index contributed by atoms with van der Waals surface area (Å²) in [7, 11) is 0. The zero-order valence-electron chi connectivity index (χ0n) is 9.68. The summed E-state index contributed by atoms with van der Waals surface area (Å²) in [6, 6.07) is 6.56.